The van der Waals surface area contributed by atoms with Crippen LogP contribution < -0.4 is 5.32 Å². The molecule has 180 valence electrons. The van der Waals surface area contributed by atoms with Crippen molar-refractivity contribution in [2.24, 2.45) is 0 Å². The summed E-state index contributed by atoms with van der Waals surface area (Å²) in [7, 11) is 0. The van der Waals surface area contributed by atoms with Crippen molar-refractivity contribution in [2.45, 2.75) is 122 Å². The topological polar surface area (TPSA) is 58.6 Å². The molecule has 0 aliphatic rings. The molecule has 0 saturated carbocycles. The van der Waals surface area contributed by atoms with E-state index in [2.05, 4.69) is 19.2 Å². The molecule has 0 aromatic rings. The lowest BCUT2D eigenvalue weighted by atomic mass is 10.1. The molecule has 5 heteroatoms. The van der Waals surface area contributed by atoms with Gasteiger partial charge in [0.05, 0.1) is 6.61 Å². The maximum atomic E-state index is 12.6. The fourth-order valence-corrected chi connectivity index (χ4v) is 4.61. The first-order valence-corrected chi connectivity index (χ1v) is 13.9. The summed E-state index contributed by atoms with van der Waals surface area (Å²) in [6, 6.07) is 0. The summed E-state index contributed by atoms with van der Waals surface area (Å²) in [5.41, 5.74) is 0. The Hall–Kier alpha value is -0.260. The van der Waals surface area contributed by atoms with Crippen molar-refractivity contribution in [1.29, 1.82) is 0 Å². The monoisotopic (exact) mass is 445 g/mol. The van der Waals surface area contributed by atoms with Crippen LogP contribution in [0.2, 0.25) is 0 Å². The number of ether oxygens (including phenoxy) is 1. The molecule has 0 saturated heterocycles. The van der Waals surface area contributed by atoms with Crippen LogP contribution in [0.25, 0.3) is 0 Å². The van der Waals surface area contributed by atoms with Crippen LogP contribution in [0.5, 0.6) is 0 Å². The number of nitrogens with one attached hydrogen (secondary N) is 1. The molecule has 0 amide bonds. The van der Waals surface area contributed by atoms with E-state index in [-0.39, 0.29) is 17.8 Å². The van der Waals surface area contributed by atoms with Crippen LogP contribution >= 0.6 is 11.8 Å². The Morgan fingerprint density at radius 2 is 1.40 bits per heavy atom. The lowest BCUT2D eigenvalue weighted by Crippen LogP contribution is -2.21. The molecule has 0 bridgehead atoms. The lowest BCUT2D eigenvalue weighted by Gasteiger charge is -2.16. The Morgan fingerprint density at radius 3 is 2.13 bits per heavy atom. The SMILES string of the molecule is CCCCCCCCC(SCCCCC)C(=O)OCCCCCCNCCCCO. The van der Waals surface area contributed by atoms with E-state index in [1.807, 2.05) is 11.8 Å². The Morgan fingerprint density at radius 1 is 0.800 bits per heavy atom. The predicted molar refractivity (Wildman–Crippen MR) is 132 cm³/mol. The van der Waals surface area contributed by atoms with Crippen LogP contribution in [0.4, 0.5) is 0 Å². The maximum Gasteiger partial charge on any atom is 0.319 e. The highest BCUT2D eigenvalue weighted by molar-refractivity contribution is 8.00. The zero-order valence-electron chi connectivity index (χ0n) is 20.1. The molecule has 0 radical (unpaired) electrons. The Kier molecular flexibility index (Phi) is 24.8. The predicted octanol–water partition coefficient (Wildman–Crippen LogP) is 6.49. The van der Waals surface area contributed by atoms with Crippen LogP contribution in [-0.4, -0.2) is 48.4 Å². The fraction of sp³-hybridized carbons (Fsp3) is 0.960. The third-order valence-corrected chi connectivity index (χ3v) is 6.76. The first kappa shape index (κ1) is 29.7. The van der Waals surface area contributed by atoms with E-state index < -0.39 is 0 Å². The first-order valence-electron chi connectivity index (χ1n) is 12.9. The molecule has 30 heavy (non-hydrogen) atoms. The average molecular weight is 446 g/mol. The van der Waals surface area contributed by atoms with Crippen LogP contribution in [0.15, 0.2) is 0 Å². The smallest absolute Gasteiger partial charge is 0.319 e. The number of esters is 1. The molecular weight excluding hydrogens is 394 g/mol. The van der Waals surface area contributed by atoms with Crippen LogP contribution in [0.3, 0.4) is 0 Å². The van der Waals surface area contributed by atoms with Crippen molar-refractivity contribution in [1.82, 2.24) is 5.32 Å². The van der Waals surface area contributed by atoms with E-state index in [9.17, 15) is 4.79 Å². The number of unbranched alkanes of at least 4 members (excludes halogenated alkanes) is 11. The Balaban J connectivity index is 3.84. The average Bonchev–Trinajstić information content (AvgIpc) is 2.75. The summed E-state index contributed by atoms with van der Waals surface area (Å²) in [4.78, 5) is 12.6. The largest absolute Gasteiger partial charge is 0.465 e. The lowest BCUT2D eigenvalue weighted by molar-refractivity contribution is -0.143. The van der Waals surface area contributed by atoms with Crippen molar-refractivity contribution in [3.05, 3.63) is 0 Å². The zero-order valence-corrected chi connectivity index (χ0v) is 20.9. The highest BCUT2D eigenvalue weighted by Crippen LogP contribution is 2.22. The zero-order chi connectivity index (χ0) is 22.1. The Labute approximate surface area is 191 Å². The molecule has 0 fully saturated rings. The molecule has 1 unspecified atom stereocenters. The van der Waals surface area contributed by atoms with Crippen LogP contribution in [0, 0.1) is 0 Å². The fourth-order valence-electron chi connectivity index (χ4n) is 3.42. The second kappa shape index (κ2) is 25.0. The molecule has 4 nitrogen and oxygen atoms in total. The van der Waals surface area contributed by atoms with Crippen molar-refractivity contribution >= 4 is 17.7 Å². The number of thioether (sulfide) groups is 1. The van der Waals surface area contributed by atoms with E-state index in [0.29, 0.717) is 6.61 Å². The van der Waals surface area contributed by atoms with Crippen molar-refractivity contribution in [2.75, 3.05) is 32.1 Å². The summed E-state index contributed by atoms with van der Waals surface area (Å²) in [5.74, 6) is 1.10. The molecule has 0 aliphatic carbocycles. The van der Waals surface area contributed by atoms with Gasteiger partial charge in [-0.05, 0) is 57.4 Å². The third kappa shape index (κ3) is 21.0. The van der Waals surface area contributed by atoms with E-state index in [0.717, 1.165) is 57.4 Å². The second-order valence-corrected chi connectivity index (χ2v) is 9.70. The van der Waals surface area contributed by atoms with Gasteiger partial charge in [-0.1, -0.05) is 78.1 Å². The number of rotatable bonds is 24. The minimum atomic E-state index is 0.0237. The third-order valence-electron chi connectivity index (χ3n) is 5.40. The molecule has 0 aromatic carbocycles. The van der Waals surface area contributed by atoms with E-state index in [4.69, 9.17) is 9.84 Å². The summed E-state index contributed by atoms with van der Waals surface area (Å²) in [6.07, 6.45) is 18.7. The highest BCUT2D eigenvalue weighted by atomic mass is 32.2. The number of hydrogen-bond acceptors (Lipinski definition) is 5. The van der Waals surface area contributed by atoms with Crippen molar-refractivity contribution in [3.63, 3.8) is 0 Å². The number of hydrogen-bond donors (Lipinski definition) is 2. The van der Waals surface area contributed by atoms with Gasteiger partial charge in [0, 0.05) is 6.61 Å². The molecule has 0 aromatic heterocycles. The molecule has 0 heterocycles. The highest BCUT2D eigenvalue weighted by Gasteiger charge is 2.19. The van der Waals surface area contributed by atoms with Gasteiger partial charge in [-0.25, -0.2) is 0 Å². The van der Waals surface area contributed by atoms with Gasteiger partial charge in [-0.15, -0.1) is 11.8 Å². The molecule has 1 atom stereocenters. The Bertz CT molecular complexity index is 355. The number of aliphatic hydroxyl groups excluding tert-OH is 1. The van der Waals surface area contributed by atoms with Gasteiger partial charge in [0.15, 0.2) is 0 Å². The van der Waals surface area contributed by atoms with Crippen LogP contribution in [-0.2, 0) is 9.53 Å². The summed E-state index contributed by atoms with van der Waals surface area (Å²) < 4.78 is 5.63. The molecule has 0 aliphatic heterocycles. The van der Waals surface area contributed by atoms with Gasteiger partial charge in [0.1, 0.15) is 5.25 Å². The molecule has 0 spiro atoms. The quantitative estimate of drug-likeness (QED) is 0.131. The normalized spacial score (nSPS) is 12.2. The van der Waals surface area contributed by atoms with Gasteiger partial charge in [-0.2, -0.15) is 0 Å². The minimum Gasteiger partial charge on any atom is -0.465 e. The minimum absolute atomic E-state index is 0.0237. The van der Waals surface area contributed by atoms with Gasteiger partial charge in [0.2, 0.25) is 0 Å². The van der Waals surface area contributed by atoms with Crippen molar-refractivity contribution < 1.29 is 14.6 Å². The van der Waals surface area contributed by atoms with Gasteiger partial charge in [0.25, 0.3) is 0 Å². The standard InChI is InChI=1S/C25H51NO3S/c1-3-5-7-8-9-12-18-24(30-23-17-6-4-2)25(28)29-22-16-11-10-13-19-26-20-14-15-21-27/h24,26-27H,3-23H2,1-2H3. The summed E-state index contributed by atoms with van der Waals surface area (Å²) in [5, 5.41) is 12.2. The number of carbonyl (C=O) groups excluding carboxylic acids is 1. The summed E-state index contributed by atoms with van der Waals surface area (Å²) in [6.45, 7) is 7.37. The first-order chi connectivity index (χ1) is 14.8. The molecule has 0 rings (SSSR count). The van der Waals surface area contributed by atoms with Gasteiger partial charge < -0.3 is 15.2 Å². The van der Waals surface area contributed by atoms with E-state index in [1.165, 1.54) is 64.2 Å². The van der Waals surface area contributed by atoms with Crippen molar-refractivity contribution in [3.8, 4) is 0 Å². The van der Waals surface area contributed by atoms with E-state index in [1.54, 1.807) is 0 Å². The van der Waals surface area contributed by atoms with Crippen LogP contribution in [0.1, 0.15) is 117 Å². The van der Waals surface area contributed by atoms with E-state index >= 15 is 0 Å². The second-order valence-electron chi connectivity index (χ2n) is 8.39. The number of carbonyl (C=O) groups is 1. The molecular formula is C25H51NO3S. The van der Waals surface area contributed by atoms with Gasteiger partial charge >= 0.3 is 5.97 Å². The maximum absolute atomic E-state index is 12.6. The number of aliphatic hydroxyl groups is 1. The molecule has 2 N–H and O–H groups in total. The summed E-state index contributed by atoms with van der Waals surface area (Å²) >= 11 is 1.82. The van der Waals surface area contributed by atoms with Gasteiger partial charge in [-0.3, -0.25) is 4.79 Å².